The predicted octanol–water partition coefficient (Wildman–Crippen LogP) is 3.03. The topological polar surface area (TPSA) is 55.9 Å². The van der Waals surface area contributed by atoms with Crippen LogP contribution < -0.4 is 10.3 Å². The zero-order valence-corrected chi connectivity index (χ0v) is 15.0. The maximum Gasteiger partial charge on any atom is 0.340 e. The van der Waals surface area contributed by atoms with Crippen molar-refractivity contribution in [2.24, 2.45) is 0 Å². The molecule has 7 heteroatoms. The molecule has 2 aliphatic heterocycles. The first-order valence-corrected chi connectivity index (χ1v) is 8.64. The van der Waals surface area contributed by atoms with Crippen LogP contribution in [0.3, 0.4) is 0 Å². The maximum atomic E-state index is 13.9. The van der Waals surface area contributed by atoms with Gasteiger partial charge in [0.1, 0.15) is 5.82 Å². The molecule has 2 aromatic rings. The number of carbonyl (C=O) groups excluding carboxylic acids is 2. The summed E-state index contributed by atoms with van der Waals surface area (Å²) in [7, 11) is 0. The summed E-state index contributed by atoms with van der Waals surface area (Å²) in [5, 5.41) is 1.26. The number of halogens is 1. The molecule has 0 spiro atoms. The van der Waals surface area contributed by atoms with Gasteiger partial charge in [-0.05, 0) is 43.2 Å². The Hall–Kier alpha value is -3.19. The molecule has 1 unspecified atom stereocenters. The zero-order chi connectivity index (χ0) is 19.1. The summed E-state index contributed by atoms with van der Waals surface area (Å²) in [6, 6.07) is 11.6. The molecule has 1 atom stereocenters. The van der Waals surface area contributed by atoms with Gasteiger partial charge in [-0.25, -0.2) is 9.18 Å². The molecule has 4 rings (SSSR count). The summed E-state index contributed by atoms with van der Waals surface area (Å²) in [6.45, 7) is 4.02. The number of fused-ring (bicyclic) bond motifs is 1. The number of carbonyl (C=O) groups is 2. The molecule has 2 heterocycles. The molecule has 0 aliphatic carbocycles. The number of aryl methyl sites for hydroxylation is 2. The van der Waals surface area contributed by atoms with E-state index < -0.39 is 18.0 Å². The van der Waals surface area contributed by atoms with Gasteiger partial charge in [0.15, 0.2) is 6.17 Å². The number of urea groups is 1. The Morgan fingerprint density at radius 1 is 1.04 bits per heavy atom. The van der Waals surface area contributed by atoms with E-state index in [2.05, 4.69) is 5.43 Å². The van der Waals surface area contributed by atoms with Crippen LogP contribution in [0.5, 0.6) is 0 Å². The SMILES string of the molecule is Cc1ccc(N2C=CN3C(=O)N(Cc4ccccc4F)NC3C2=O)cc1C. The quantitative estimate of drug-likeness (QED) is 0.909. The third-order valence-electron chi connectivity index (χ3n) is 4.91. The van der Waals surface area contributed by atoms with Gasteiger partial charge in [0.25, 0.3) is 5.91 Å². The Balaban J connectivity index is 1.57. The van der Waals surface area contributed by atoms with E-state index >= 15 is 0 Å². The lowest BCUT2D eigenvalue weighted by molar-refractivity contribution is -0.122. The van der Waals surface area contributed by atoms with Crippen molar-refractivity contribution in [2.75, 3.05) is 4.90 Å². The van der Waals surface area contributed by atoms with Crippen LogP contribution in [-0.2, 0) is 11.3 Å². The molecule has 2 aromatic carbocycles. The normalized spacial score (nSPS) is 19.1. The smallest absolute Gasteiger partial charge is 0.283 e. The van der Waals surface area contributed by atoms with Gasteiger partial charge in [-0.3, -0.25) is 19.6 Å². The summed E-state index contributed by atoms with van der Waals surface area (Å²) in [4.78, 5) is 28.4. The molecule has 0 bridgehead atoms. The van der Waals surface area contributed by atoms with Gasteiger partial charge in [-0.1, -0.05) is 24.3 Å². The lowest BCUT2D eigenvalue weighted by Gasteiger charge is -2.29. The number of anilines is 1. The van der Waals surface area contributed by atoms with Crippen LogP contribution >= 0.6 is 0 Å². The fourth-order valence-electron chi connectivity index (χ4n) is 3.18. The van der Waals surface area contributed by atoms with Crippen LogP contribution in [0.2, 0.25) is 0 Å². The van der Waals surface area contributed by atoms with Gasteiger partial charge in [-0.2, -0.15) is 5.43 Å². The Labute approximate surface area is 156 Å². The highest BCUT2D eigenvalue weighted by atomic mass is 19.1. The molecule has 3 amide bonds. The lowest BCUT2D eigenvalue weighted by atomic mass is 10.1. The number of hydrazine groups is 1. The molecule has 1 N–H and O–H groups in total. The van der Waals surface area contributed by atoms with Gasteiger partial charge < -0.3 is 0 Å². The minimum absolute atomic E-state index is 0.0310. The van der Waals surface area contributed by atoms with Crippen molar-refractivity contribution in [3.8, 4) is 0 Å². The average molecular weight is 366 g/mol. The highest BCUT2D eigenvalue weighted by Gasteiger charge is 2.44. The number of hydrogen-bond acceptors (Lipinski definition) is 3. The number of rotatable bonds is 3. The van der Waals surface area contributed by atoms with Crippen molar-refractivity contribution < 1.29 is 14.0 Å². The maximum absolute atomic E-state index is 13.9. The Kier molecular flexibility index (Phi) is 4.16. The van der Waals surface area contributed by atoms with Crippen LogP contribution in [0.25, 0.3) is 0 Å². The van der Waals surface area contributed by atoms with Crippen LogP contribution in [0.4, 0.5) is 14.9 Å². The van der Waals surface area contributed by atoms with Crippen molar-refractivity contribution in [3.63, 3.8) is 0 Å². The van der Waals surface area contributed by atoms with Crippen LogP contribution in [-0.4, -0.2) is 28.0 Å². The summed E-state index contributed by atoms with van der Waals surface area (Å²) >= 11 is 0. The van der Waals surface area contributed by atoms with E-state index in [0.29, 0.717) is 5.56 Å². The molecular formula is C20H19FN4O2. The molecule has 27 heavy (non-hydrogen) atoms. The molecule has 2 aliphatic rings. The lowest BCUT2D eigenvalue weighted by Crippen LogP contribution is -2.51. The first kappa shape index (κ1) is 17.2. The van der Waals surface area contributed by atoms with Gasteiger partial charge in [0.2, 0.25) is 0 Å². The van der Waals surface area contributed by atoms with E-state index in [1.165, 1.54) is 20.9 Å². The Morgan fingerprint density at radius 3 is 2.56 bits per heavy atom. The number of hydrogen-bond donors (Lipinski definition) is 1. The van der Waals surface area contributed by atoms with Crippen molar-refractivity contribution in [3.05, 3.63) is 77.4 Å². The van der Waals surface area contributed by atoms with Gasteiger partial charge >= 0.3 is 6.03 Å². The molecule has 138 valence electrons. The van der Waals surface area contributed by atoms with Crippen LogP contribution in [0, 0.1) is 19.7 Å². The molecule has 1 fully saturated rings. The summed E-state index contributed by atoms with van der Waals surface area (Å²) in [5.41, 5.74) is 6.22. The van der Waals surface area contributed by atoms with E-state index in [1.54, 1.807) is 30.6 Å². The number of nitrogens with one attached hydrogen (secondary N) is 1. The van der Waals surface area contributed by atoms with Crippen molar-refractivity contribution in [1.29, 1.82) is 0 Å². The second-order valence-corrected chi connectivity index (χ2v) is 6.67. The van der Waals surface area contributed by atoms with E-state index in [-0.39, 0.29) is 12.5 Å². The summed E-state index contributed by atoms with van der Waals surface area (Å²) < 4.78 is 13.9. The highest BCUT2D eigenvalue weighted by molar-refractivity contribution is 6.03. The first-order chi connectivity index (χ1) is 13.0. The Morgan fingerprint density at radius 2 is 1.81 bits per heavy atom. The molecule has 6 nitrogen and oxygen atoms in total. The van der Waals surface area contributed by atoms with Crippen molar-refractivity contribution in [2.45, 2.75) is 26.6 Å². The molecule has 0 saturated carbocycles. The highest BCUT2D eigenvalue weighted by Crippen LogP contribution is 2.26. The second kappa shape index (κ2) is 6.51. The monoisotopic (exact) mass is 366 g/mol. The average Bonchev–Trinajstić information content (AvgIpc) is 2.97. The summed E-state index contributed by atoms with van der Waals surface area (Å²) in [5.74, 6) is -0.666. The standard InChI is InChI=1S/C20H19FN4O2/c1-13-7-8-16(11-14(13)2)23-9-10-24-18(19(23)26)22-25(20(24)27)12-15-5-3-4-6-17(15)21/h3-11,18,22H,12H2,1-2H3. The largest absolute Gasteiger partial charge is 0.340 e. The number of benzene rings is 2. The van der Waals surface area contributed by atoms with Crippen LogP contribution in [0.1, 0.15) is 16.7 Å². The predicted molar refractivity (Wildman–Crippen MR) is 98.6 cm³/mol. The minimum atomic E-state index is -0.851. The van der Waals surface area contributed by atoms with E-state index in [9.17, 15) is 14.0 Å². The van der Waals surface area contributed by atoms with Crippen LogP contribution in [0.15, 0.2) is 54.9 Å². The molecule has 0 radical (unpaired) electrons. The van der Waals surface area contributed by atoms with Crippen molar-refractivity contribution >= 4 is 17.6 Å². The van der Waals surface area contributed by atoms with Gasteiger partial charge in [0, 0.05) is 23.7 Å². The third-order valence-corrected chi connectivity index (χ3v) is 4.91. The number of amides is 3. The molecular weight excluding hydrogens is 347 g/mol. The molecule has 1 saturated heterocycles. The summed E-state index contributed by atoms with van der Waals surface area (Å²) in [6.07, 6.45) is 2.29. The molecule has 0 aromatic heterocycles. The van der Waals surface area contributed by atoms with Gasteiger partial charge in [-0.15, -0.1) is 0 Å². The zero-order valence-electron chi connectivity index (χ0n) is 15.0. The van der Waals surface area contributed by atoms with E-state index in [0.717, 1.165) is 16.8 Å². The van der Waals surface area contributed by atoms with E-state index in [4.69, 9.17) is 0 Å². The first-order valence-electron chi connectivity index (χ1n) is 8.64. The van der Waals surface area contributed by atoms with E-state index in [1.807, 2.05) is 32.0 Å². The minimum Gasteiger partial charge on any atom is -0.283 e. The number of nitrogens with zero attached hydrogens (tertiary/aromatic N) is 3. The second-order valence-electron chi connectivity index (χ2n) is 6.67. The fraction of sp³-hybridized carbons (Fsp3) is 0.200. The van der Waals surface area contributed by atoms with Gasteiger partial charge in [0.05, 0.1) is 6.54 Å². The Bertz CT molecular complexity index is 959. The van der Waals surface area contributed by atoms with Crippen molar-refractivity contribution in [1.82, 2.24) is 15.3 Å². The third kappa shape index (κ3) is 2.96. The fourth-order valence-corrected chi connectivity index (χ4v) is 3.18.